The SMILES string of the molecule is CCOC(=O)CN=CCC1CCCC1=O. The normalized spacial score (nSPS) is 21.1. The van der Waals surface area contributed by atoms with Crippen LogP contribution in [-0.4, -0.2) is 31.1 Å². The number of nitrogens with zero attached hydrogens (tertiary/aromatic N) is 1. The lowest BCUT2D eigenvalue weighted by atomic mass is 10.0. The van der Waals surface area contributed by atoms with E-state index in [4.69, 9.17) is 4.74 Å². The van der Waals surface area contributed by atoms with Gasteiger partial charge in [0.25, 0.3) is 0 Å². The highest BCUT2D eigenvalue weighted by molar-refractivity contribution is 5.85. The minimum Gasteiger partial charge on any atom is -0.465 e. The van der Waals surface area contributed by atoms with E-state index >= 15 is 0 Å². The maximum Gasteiger partial charge on any atom is 0.327 e. The summed E-state index contributed by atoms with van der Waals surface area (Å²) < 4.78 is 4.72. The van der Waals surface area contributed by atoms with Crippen molar-refractivity contribution in [3.8, 4) is 0 Å². The molecule has 1 unspecified atom stereocenters. The molecule has 4 nitrogen and oxygen atoms in total. The number of ketones is 1. The Kier molecular flexibility index (Phi) is 5.01. The fourth-order valence-corrected chi connectivity index (χ4v) is 1.68. The lowest BCUT2D eigenvalue weighted by Crippen LogP contribution is -2.09. The maximum absolute atomic E-state index is 11.3. The van der Waals surface area contributed by atoms with Crippen molar-refractivity contribution in [1.82, 2.24) is 0 Å². The van der Waals surface area contributed by atoms with Gasteiger partial charge >= 0.3 is 5.97 Å². The van der Waals surface area contributed by atoms with Crippen LogP contribution in [0.3, 0.4) is 0 Å². The number of hydrogen-bond donors (Lipinski definition) is 0. The maximum atomic E-state index is 11.3. The largest absolute Gasteiger partial charge is 0.465 e. The first-order valence-corrected chi connectivity index (χ1v) is 5.40. The summed E-state index contributed by atoms with van der Waals surface area (Å²) >= 11 is 0. The second-order valence-corrected chi connectivity index (χ2v) is 3.62. The Morgan fingerprint density at radius 2 is 2.47 bits per heavy atom. The summed E-state index contributed by atoms with van der Waals surface area (Å²) in [5.41, 5.74) is 0. The minimum atomic E-state index is -0.313. The van der Waals surface area contributed by atoms with Gasteiger partial charge in [0.05, 0.1) is 6.61 Å². The molecule has 0 amide bonds. The summed E-state index contributed by atoms with van der Waals surface area (Å²) in [5, 5.41) is 0. The summed E-state index contributed by atoms with van der Waals surface area (Å²) in [7, 11) is 0. The van der Waals surface area contributed by atoms with E-state index in [9.17, 15) is 9.59 Å². The van der Waals surface area contributed by atoms with Crippen LogP contribution in [0.15, 0.2) is 4.99 Å². The van der Waals surface area contributed by atoms with Crippen LogP contribution in [0.5, 0.6) is 0 Å². The van der Waals surface area contributed by atoms with E-state index in [-0.39, 0.29) is 18.4 Å². The summed E-state index contributed by atoms with van der Waals surface area (Å²) in [5.74, 6) is 0.153. The first-order chi connectivity index (χ1) is 7.24. The second kappa shape index (κ2) is 6.32. The van der Waals surface area contributed by atoms with Gasteiger partial charge in [-0.1, -0.05) is 0 Å². The lowest BCUT2D eigenvalue weighted by molar-refractivity contribution is -0.141. The third kappa shape index (κ3) is 4.23. The molecular weight excluding hydrogens is 194 g/mol. The fraction of sp³-hybridized carbons (Fsp3) is 0.727. The number of aliphatic imine (C=N–C) groups is 1. The van der Waals surface area contributed by atoms with Gasteiger partial charge in [0.1, 0.15) is 12.3 Å². The average molecular weight is 211 g/mol. The molecule has 0 bridgehead atoms. The van der Waals surface area contributed by atoms with E-state index in [0.717, 1.165) is 12.8 Å². The highest BCUT2D eigenvalue weighted by Gasteiger charge is 2.22. The van der Waals surface area contributed by atoms with Gasteiger partial charge in [-0.25, -0.2) is 0 Å². The molecule has 1 aliphatic rings. The van der Waals surface area contributed by atoms with Crippen LogP contribution in [0.25, 0.3) is 0 Å². The Balaban J connectivity index is 2.16. The second-order valence-electron chi connectivity index (χ2n) is 3.62. The molecule has 15 heavy (non-hydrogen) atoms. The molecule has 84 valence electrons. The molecular formula is C11H17NO3. The average Bonchev–Trinajstić information content (AvgIpc) is 2.60. The topological polar surface area (TPSA) is 55.7 Å². The standard InChI is InChI=1S/C11H17NO3/c1-2-15-11(14)8-12-7-6-9-4-3-5-10(9)13/h7,9H,2-6,8H2,1H3. The molecule has 0 aliphatic heterocycles. The van der Waals surface area contributed by atoms with Crippen LogP contribution in [0.4, 0.5) is 0 Å². The van der Waals surface area contributed by atoms with E-state index in [1.165, 1.54) is 0 Å². The molecule has 0 heterocycles. The third-order valence-corrected chi connectivity index (χ3v) is 2.48. The van der Waals surface area contributed by atoms with Crippen molar-refractivity contribution < 1.29 is 14.3 Å². The predicted molar refractivity (Wildman–Crippen MR) is 57.0 cm³/mol. The molecule has 0 aromatic heterocycles. The highest BCUT2D eigenvalue weighted by atomic mass is 16.5. The van der Waals surface area contributed by atoms with Crippen LogP contribution < -0.4 is 0 Å². The number of Topliss-reactive ketones (excluding diaryl/α,β-unsaturated/α-hetero) is 1. The fourth-order valence-electron chi connectivity index (χ4n) is 1.68. The number of hydrogen-bond acceptors (Lipinski definition) is 4. The Hall–Kier alpha value is -1.19. The van der Waals surface area contributed by atoms with Gasteiger partial charge in [-0.05, 0) is 26.2 Å². The van der Waals surface area contributed by atoms with Crippen molar-refractivity contribution in [3.05, 3.63) is 0 Å². The van der Waals surface area contributed by atoms with E-state index in [2.05, 4.69) is 4.99 Å². The van der Waals surface area contributed by atoms with Crippen molar-refractivity contribution in [2.75, 3.05) is 13.2 Å². The summed E-state index contributed by atoms with van der Waals surface area (Å²) in [6, 6.07) is 0. The van der Waals surface area contributed by atoms with Crippen molar-refractivity contribution in [3.63, 3.8) is 0 Å². The van der Waals surface area contributed by atoms with Crippen LogP contribution in [0.1, 0.15) is 32.6 Å². The molecule has 0 spiro atoms. The number of carbonyl (C=O) groups excluding carboxylic acids is 2. The number of ether oxygens (including phenoxy) is 1. The zero-order valence-electron chi connectivity index (χ0n) is 9.07. The molecule has 0 aromatic carbocycles. The van der Waals surface area contributed by atoms with Crippen LogP contribution in [-0.2, 0) is 14.3 Å². The molecule has 1 atom stereocenters. The first-order valence-electron chi connectivity index (χ1n) is 5.40. The van der Waals surface area contributed by atoms with Crippen molar-refractivity contribution in [1.29, 1.82) is 0 Å². The molecule has 1 aliphatic carbocycles. The molecule has 0 radical (unpaired) electrons. The number of carbonyl (C=O) groups is 2. The summed E-state index contributed by atoms with van der Waals surface area (Å²) in [6.45, 7) is 2.21. The van der Waals surface area contributed by atoms with E-state index < -0.39 is 0 Å². The third-order valence-electron chi connectivity index (χ3n) is 2.48. The van der Waals surface area contributed by atoms with Gasteiger partial charge in [0, 0.05) is 18.6 Å². The summed E-state index contributed by atoms with van der Waals surface area (Å²) in [6.07, 6.45) is 5.00. The molecule has 1 saturated carbocycles. The molecule has 1 fully saturated rings. The first kappa shape index (κ1) is 11.9. The highest BCUT2D eigenvalue weighted by Crippen LogP contribution is 2.23. The number of rotatable bonds is 5. The van der Waals surface area contributed by atoms with Crippen LogP contribution in [0.2, 0.25) is 0 Å². The van der Waals surface area contributed by atoms with Gasteiger partial charge in [-0.3, -0.25) is 14.6 Å². The summed E-state index contributed by atoms with van der Waals surface area (Å²) in [4.78, 5) is 26.1. The van der Waals surface area contributed by atoms with Gasteiger partial charge in [-0.2, -0.15) is 0 Å². The van der Waals surface area contributed by atoms with Crippen molar-refractivity contribution >= 4 is 18.0 Å². The van der Waals surface area contributed by atoms with E-state index in [1.54, 1.807) is 13.1 Å². The molecule has 0 N–H and O–H groups in total. The Bertz CT molecular complexity index is 261. The quantitative estimate of drug-likeness (QED) is 0.510. The van der Waals surface area contributed by atoms with Gasteiger partial charge < -0.3 is 4.74 Å². The molecule has 4 heteroatoms. The Morgan fingerprint density at radius 3 is 3.07 bits per heavy atom. The Labute approximate surface area is 89.7 Å². The van der Waals surface area contributed by atoms with Gasteiger partial charge in [0.2, 0.25) is 0 Å². The molecule has 0 aromatic rings. The Morgan fingerprint density at radius 1 is 1.67 bits per heavy atom. The zero-order chi connectivity index (χ0) is 11.1. The van der Waals surface area contributed by atoms with E-state index in [0.29, 0.717) is 25.2 Å². The molecule has 0 saturated heterocycles. The lowest BCUT2D eigenvalue weighted by Gasteiger charge is -2.01. The monoisotopic (exact) mass is 211 g/mol. The minimum absolute atomic E-state index is 0.0642. The zero-order valence-corrected chi connectivity index (χ0v) is 9.07. The van der Waals surface area contributed by atoms with Gasteiger partial charge in [0.15, 0.2) is 0 Å². The van der Waals surface area contributed by atoms with E-state index in [1.807, 2.05) is 0 Å². The van der Waals surface area contributed by atoms with Gasteiger partial charge in [-0.15, -0.1) is 0 Å². The van der Waals surface area contributed by atoms with Crippen molar-refractivity contribution in [2.45, 2.75) is 32.6 Å². The number of esters is 1. The smallest absolute Gasteiger partial charge is 0.327 e. The van der Waals surface area contributed by atoms with Crippen molar-refractivity contribution in [2.24, 2.45) is 10.9 Å². The molecule has 1 rings (SSSR count). The van der Waals surface area contributed by atoms with Crippen LogP contribution >= 0.6 is 0 Å². The predicted octanol–water partition coefficient (Wildman–Crippen LogP) is 1.38. The van der Waals surface area contributed by atoms with Crippen LogP contribution in [0, 0.1) is 5.92 Å².